The number of nitrogens with zero attached hydrogens (tertiary/aromatic N) is 3. The van der Waals surface area contributed by atoms with Crippen LogP contribution in [0.2, 0.25) is 0 Å². The van der Waals surface area contributed by atoms with Crippen LogP contribution in [0.25, 0.3) is 0 Å². The standard InChI is InChI=1S/C17H22N4O2/c1-14(22)8-11-20-17(23)21(12-15-6-2-4-9-18-15)13-16-7-3-5-10-19-16/h2-7,9-10,14,22H,8,11-13H2,1H3,(H,20,23). The zero-order valence-corrected chi connectivity index (χ0v) is 13.2. The molecule has 2 N–H and O–H groups in total. The fraction of sp³-hybridized carbons (Fsp3) is 0.353. The number of aliphatic hydroxyl groups excluding tert-OH is 1. The average molecular weight is 314 g/mol. The maximum Gasteiger partial charge on any atom is 0.318 e. The van der Waals surface area contributed by atoms with E-state index in [0.717, 1.165) is 11.4 Å². The SMILES string of the molecule is CC(O)CCNC(=O)N(Cc1ccccn1)Cc1ccccn1. The summed E-state index contributed by atoms with van der Waals surface area (Å²) in [6.07, 6.45) is 3.50. The van der Waals surface area contributed by atoms with Gasteiger partial charge in [0.25, 0.3) is 0 Å². The maximum atomic E-state index is 12.4. The van der Waals surface area contributed by atoms with Gasteiger partial charge in [0.05, 0.1) is 30.6 Å². The van der Waals surface area contributed by atoms with Crippen molar-refractivity contribution in [2.45, 2.75) is 32.5 Å². The molecule has 2 aromatic heterocycles. The van der Waals surface area contributed by atoms with Crippen molar-refractivity contribution in [1.29, 1.82) is 0 Å². The molecule has 0 bridgehead atoms. The molecule has 6 heteroatoms. The van der Waals surface area contributed by atoms with Crippen molar-refractivity contribution >= 4 is 6.03 Å². The van der Waals surface area contributed by atoms with Crippen LogP contribution >= 0.6 is 0 Å². The second-order valence-corrected chi connectivity index (χ2v) is 5.37. The first-order chi connectivity index (χ1) is 11.1. The Morgan fingerprint density at radius 2 is 1.70 bits per heavy atom. The second-order valence-electron chi connectivity index (χ2n) is 5.37. The van der Waals surface area contributed by atoms with Gasteiger partial charge in [-0.3, -0.25) is 9.97 Å². The lowest BCUT2D eigenvalue weighted by Crippen LogP contribution is -2.40. The van der Waals surface area contributed by atoms with Crippen LogP contribution in [0.3, 0.4) is 0 Å². The van der Waals surface area contributed by atoms with Crippen molar-refractivity contribution in [3.63, 3.8) is 0 Å². The summed E-state index contributed by atoms with van der Waals surface area (Å²) in [5, 5.41) is 12.1. The maximum absolute atomic E-state index is 12.4. The number of pyridine rings is 2. The molecule has 0 saturated heterocycles. The Bertz CT molecular complexity index is 549. The minimum absolute atomic E-state index is 0.193. The molecule has 23 heavy (non-hydrogen) atoms. The van der Waals surface area contributed by atoms with Crippen LogP contribution in [0.1, 0.15) is 24.7 Å². The predicted molar refractivity (Wildman–Crippen MR) is 87.4 cm³/mol. The number of aromatic nitrogens is 2. The van der Waals surface area contributed by atoms with Gasteiger partial charge in [0.1, 0.15) is 0 Å². The van der Waals surface area contributed by atoms with E-state index in [2.05, 4.69) is 15.3 Å². The van der Waals surface area contributed by atoms with Crippen LogP contribution < -0.4 is 5.32 Å². The summed E-state index contributed by atoms with van der Waals surface area (Å²) in [7, 11) is 0. The number of hydrogen-bond acceptors (Lipinski definition) is 4. The van der Waals surface area contributed by atoms with Crippen molar-refractivity contribution in [2.24, 2.45) is 0 Å². The molecule has 0 radical (unpaired) electrons. The van der Waals surface area contributed by atoms with Gasteiger partial charge in [-0.2, -0.15) is 0 Å². The van der Waals surface area contributed by atoms with E-state index in [1.54, 1.807) is 24.2 Å². The van der Waals surface area contributed by atoms with Gasteiger partial charge in [0, 0.05) is 18.9 Å². The van der Waals surface area contributed by atoms with Crippen LogP contribution in [-0.4, -0.2) is 38.7 Å². The molecule has 0 aliphatic heterocycles. The van der Waals surface area contributed by atoms with Gasteiger partial charge < -0.3 is 15.3 Å². The summed E-state index contributed by atoms with van der Waals surface area (Å²) in [5.74, 6) is 0. The molecule has 0 aromatic carbocycles. The number of urea groups is 1. The molecule has 1 unspecified atom stereocenters. The predicted octanol–water partition coefficient (Wildman–Crippen LogP) is 1.96. The smallest absolute Gasteiger partial charge is 0.318 e. The third-order valence-electron chi connectivity index (χ3n) is 3.28. The zero-order valence-electron chi connectivity index (χ0n) is 13.2. The molecule has 122 valence electrons. The summed E-state index contributed by atoms with van der Waals surface area (Å²) in [4.78, 5) is 22.6. The third kappa shape index (κ3) is 6.04. The number of amides is 2. The van der Waals surface area contributed by atoms with E-state index in [9.17, 15) is 9.90 Å². The quantitative estimate of drug-likeness (QED) is 0.819. The summed E-state index contributed by atoms with van der Waals surface area (Å²) >= 11 is 0. The average Bonchev–Trinajstić information content (AvgIpc) is 2.56. The summed E-state index contributed by atoms with van der Waals surface area (Å²) < 4.78 is 0. The third-order valence-corrected chi connectivity index (χ3v) is 3.28. The minimum Gasteiger partial charge on any atom is -0.393 e. The van der Waals surface area contributed by atoms with E-state index in [4.69, 9.17) is 0 Å². The number of rotatable bonds is 7. The number of nitrogens with one attached hydrogen (secondary N) is 1. The fourth-order valence-corrected chi connectivity index (χ4v) is 2.07. The Labute approximate surface area is 136 Å². The first-order valence-electron chi connectivity index (χ1n) is 7.66. The first kappa shape index (κ1) is 16.9. The first-order valence-corrected chi connectivity index (χ1v) is 7.66. The second kappa shape index (κ2) is 8.85. The van der Waals surface area contributed by atoms with E-state index in [1.165, 1.54) is 0 Å². The van der Waals surface area contributed by atoms with Crippen molar-refractivity contribution in [2.75, 3.05) is 6.54 Å². The molecule has 0 aliphatic carbocycles. The molecule has 0 aliphatic rings. The highest BCUT2D eigenvalue weighted by Crippen LogP contribution is 2.07. The number of carbonyl (C=O) groups is 1. The highest BCUT2D eigenvalue weighted by atomic mass is 16.3. The van der Waals surface area contributed by atoms with E-state index >= 15 is 0 Å². The molecule has 2 aromatic rings. The molecule has 2 rings (SSSR count). The van der Waals surface area contributed by atoms with E-state index in [0.29, 0.717) is 26.1 Å². The number of aliphatic hydroxyl groups is 1. The fourth-order valence-electron chi connectivity index (χ4n) is 2.07. The Kier molecular flexibility index (Phi) is 6.50. The molecule has 0 spiro atoms. The van der Waals surface area contributed by atoms with Gasteiger partial charge in [0.2, 0.25) is 0 Å². The molecular formula is C17H22N4O2. The molecule has 6 nitrogen and oxygen atoms in total. The lowest BCUT2D eigenvalue weighted by Gasteiger charge is -2.22. The normalized spacial score (nSPS) is 11.7. The van der Waals surface area contributed by atoms with Crippen LogP contribution in [0, 0.1) is 0 Å². The molecule has 2 amide bonds. The number of carbonyl (C=O) groups excluding carboxylic acids is 1. The molecule has 2 heterocycles. The molecule has 0 fully saturated rings. The monoisotopic (exact) mass is 314 g/mol. The van der Waals surface area contributed by atoms with Gasteiger partial charge in [-0.1, -0.05) is 12.1 Å². The van der Waals surface area contributed by atoms with Crippen molar-refractivity contribution in [1.82, 2.24) is 20.2 Å². The Morgan fingerprint density at radius 3 is 2.13 bits per heavy atom. The largest absolute Gasteiger partial charge is 0.393 e. The van der Waals surface area contributed by atoms with Crippen molar-refractivity contribution in [3.8, 4) is 0 Å². The van der Waals surface area contributed by atoms with Crippen molar-refractivity contribution < 1.29 is 9.90 Å². The van der Waals surface area contributed by atoms with Crippen LogP contribution in [0.5, 0.6) is 0 Å². The molecule has 1 atom stereocenters. The van der Waals surface area contributed by atoms with Gasteiger partial charge in [0.15, 0.2) is 0 Å². The Hall–Kier alpha value is -2.47. The van der Waals surface area contributed by atoms with Gasteiger partial charge >= 0.3 is 6.03 Å². The van der Waals surface area contributed by atoms with Crippen molar-refractivity contribution in [3.05, 3.63) is 60.2 Å². The van der Waals surface area contributed by atoms with Gasteiger partial charge in [-0.15, -0.1) is 0 Å². The van der Waals surface area contributed by atoms with E-state index < -0.39 is 6.10 Å². The lowest BCUT2D eigenvalue weighted by atomic mass is 10.3. The summed E-state index contributed by atoms with van der Waals surface area (Å²) in [5.41, 5.74) is 1.63. The molecule has 0 saturated carbocycles. The van der Waals surface area contributed by atoms with Gasteiger partial charge in [-0.05, 0) is 37.6 Å². The van der Waals surface area contributed by atoms with Crippen LogP contribution in [-0.2, 0) is 13.1 Å². The summed E-state index contributed by atoms with van der Waals surface area (Å²) in [6.45, 7) is 2.93. The minimum atomic E-state index is -0.435. The zero-order chi connectivity index (χ0) is 16.5. The molecular weight excluding hydrogens is 292 g/mol. The van der Waals surface area contributed by atoms with Gasteiger partial charge in [-0.25, -0.2) is 4.79 Å². The summed E-state index contributed by atoms with van der Waals surface area (Å²) in [6, 6.07) is 11.1. The highest BCUT2D eigenvalue weighted by molar-refractivity contribution is 5.74. The van der Waals surface area contributed by atoms with E-state index in [-0.39, 0.29) is 6.03 Å². The van der Waals surface area contributed by atoms with E-state index in [1.807, 2.05) is 36.4 Å². The lowest BCUT2D eigenvalue weighted by molar-refractivity contribution is 0.174. The number of hydrogen-bond donors (Lipinski definition) is 2. The highest BCUT2D eigenvalue weighted by Gasteiger charge is 2.15. The topological polar surface area (TPSA) is 78.4 Å². The Balaban J connectivity index is 2.02. The van der Waals surface area contributed by atoms with Crippen LogP contribution in [0.15, 0.2) is 48.8 Å². The Morgan fingerprint density at radius 1 is 1.13 bits per heavy atom. The van der Waals surface area contributed by atoms with Crippen LogP contribution in [0.4, 0.5) is 4.79 Å².